The minimum atomic E-state index is -0.403. The minimum Gasteiger partial charge on any atom is -0.442 e. The van der Waals surface area contributed by atoms with Crippen molar-refractivity contribution in [2.45, 2.75) is 25.8 Å². The van der Waals surface area contributed by atoms with Gasteiger partial charge in [0, 0.05) is 12.2 Å². The Morgan fingerprint density at radius 2 is 2.11 bits per heavy atom. The Bertz CT molecular complexity index is 1030. The van der Waals surface area contributed by atoms with Crippen LogP contribution >= 0.6 is 0 Å². The lowest BCUT2D eigenvalue weighted by atomic mass is 10.1. The summed E-state index contributed by atoms with van der Waals surface area (Å²) in [5.74, 6) is -0.0311. The van der Waals surface area contributed by atoms with E-state index in [2.05, 4.69) is 27.2 Å². The Morgan fingerprint density at radius 3 is 2.81 bits per heavy atom. The van der Waals surface area contributed by atoms with E-state index in [0.717, 1.165) is 25.9 Å². The van der Waals surface area contributed by atoms with Crippen LogP contribution in [-0.2, 0) is 0 Å². The van der Waals surface area contributed by atoms with Gasteiger partial charge in [-0.05, 0) is 52.0 Å². The molecular formula is C19H21N5O3. The third-order valence-corrected chi connectivity index (χ3v) is 5.04. The molecule has 0 unspecified atom stereocenters. The van der Waals surface area contributed by atoms with Crippen molar-refractivity contribution < 1.29 is 9.21 Å². The number of aryl methyl sites for hydroxylation is 1. The largest absolute Gasteiger partial charge is 0.442 e. The molecule has 1 saturated heterocycles. The lowest BCUT2D eigenvalue weighted by Crippen LogP contribution is -2.35. The third kappa shape index (κ3) is 3.23. The van der Waals surface area contributed by atoms with Gasteiger partial charge >= 0.3 is 0 Å². The molecule has 0 bridgehead atoms. The van der Waals surface area contributed by atoms with Crippen molar-refractivity contribution in [3.05, 3.63) is 52.5 Å². The topological polar surface area (TPSA) is 93.3 Å². The molecule has 0 aliphatic carbocycles. The molecule has 8 nitrogen and oxygen atoms in total. The molecule has 4 heterocycles. The Hall–Kier alpha value is -3.00. The van der Waals surface area contributed by atoms with Gasteiger partial charge in [-0.1, -0.05) is 0 Å². The van der Waals surface area contributed by atoms with Gasteiger partial charge in [0.1, 0.15) is 17.5 Å². The van der Waals surface area contributed by atoms with Crippen molar-refractivity contribution in [3.63, 3.8) is 0 Å². The van der Waals surface area contributed by atoms with Crippen LogP contribution in [0.15, 0.2) is 40.1 Å². The second kappa shape index (κ2) is 6.96. The monoisotopic (exact) mass is 367 g/mol. The second-order valence-electron chi connectivity index (χ2n) is 6.90. The zero-order chi connectivity index (χ0) is 19.0. The Kier molecular flexibility index (Phi) is 4.49. The number of carbonyl (C=O) groups excluding carboxylic acids is 1. The van der Waals surface area contributed by atoms with Crippen molar-refractivity contribution >= 4 is 22.7 Å². The summed E-state index contributed by atoms with van der Waals surface area (Å²) in [6, 6.07) is 3.54. The fraction of sp³-hybridized carbons (Fsp3) is 0.368. The summed E-state index contributed by atoms with van der Waals surface area (Å²) in [5, 5.41) is 3.00. The maximum atomic E-state index is 13.2. The molecule has 0 spiro atoms. The molecule has 3 aromatic heterocycles. The fourth-order valence-corrected chi connectivity index (χ4v) is 3.55. The van der Waals surface area contributed by atoms with Crippen molar-refractivity contribution in [2.24, 2.45) is 0 Å². The van der Waals surface area contributed by atoms with Gasteiger partial charge in [0.2, 0.25) is 5.71 Å². The van der Waals surface area contributed by atoms with Gasteiger partial charge in [0.05, 0.1) is 17.4 Å². The van der Waals surface area contributed by atoms with Gasteiger partial charge in [0.15, 0.2) is 0 Å². The quantitative estimate of drug-likeness (QED) is 0.763. The molecule has 1 amide bonds. The SMILES string of the molecule is Cc1oc2ncn(C3CCN(C)CC3)c(=O)c2c1C(=O)Nc1cccnc1. The molecule has 27 heavy (non-hydrogen) atoms. The lowest BCUT2D eigenvalue weighted by molar-refractivity contribution is 0.102. The van der Waals surface area contributed by atoms with Gasteiger partial charge in [-0.15, -0.1) is 0 Å². The van der Waals surface area contributed by atoms with Crippen LogP contribution in [0.2, 0.25) is 0 Å². The van der Waals surface area contributed by atoms with Crippen LogP contribution in [0.3, 0.4) is 0 Å². The number of anilines is 1. The van der Waals surface area contributed by atoms with Crippen LogP contribution in [0, 0.1) is 6.92 Å². The van der Waals surface area contributed by atoms with Crippen LogP contribution in [-0.4, -0.2) is 45.5 Å². The van der Waals surface area contributed by atoms with Crippen LogP contribution in [0.5, 0.6) is 0 Å². The number of amides is 1. The predicted octanol–water partition coefficient (Wildman–Crippen LogP) is 2.21. The van der Waals surface area contributed by atoms with Gasteiger partial charge < -0.3 is 14.6 Å². The van der Waals surface area contributed by atoms with E-state index >= 15 is 0 Å². The highest BCUT2D eigenvalue weighted by molar-refractivity contribution is 6.12. The molecule has 1 fully saturated rings. The highest BCUT2D eigenvalue weighted by Crippen LogP contribution is 2.25. The minimum absolute atomic E-state index is 0.0787. The van der Waals surface area contributed by atoms with Crippen LogP contribution in [0.4, 0.5) is 5.69 Å². The number of nitrogens with one attached hydrogen (secondary N) is 1. The molecule has 140 valence electrons. The van der Waals surface area contributed by atoms with Crippen LogP contribution in [0.1, 0.15) is 35.0 Å². The number of hydrogen-bond acceptors (Lipinski definition) is 6. The molecule has 3 aromatic rings. The Labute approximate surface area is 155 Å². The molecule has 0 atom stereocenters. The predicted molar refractivity (Wildman–Crippen MR) is 101 cm³/mol. The molecule has 0 aromatic carbocycles. The molecule has 1 aliphatic rings. The van der Waals surface area contributed by atoms with Crippen molar-refractivity contribution in [2.75, 3.05) is 25.5 Å². The highest BCUT2D eigenvalue weighted by Gasteiger charge is 2.26. The van der Waals surface area contributed by atoms with Gasteiger partial charge in [-0.2, -0.15) is 0 Å². The zero-order valence-electron chi connectivity index (χ0n) is 15.3. The van der Waals surface area contributed by atoms with Gasteiger partial charge in [-0.25, -0.2) is 4.98 Å². The molecule has 4 rings (SSSR count). The number of nitrogens with zero attached hydrogens (tertiary/aromatic N) is 4. The van der Waals surface area contributed by atoms with E-state index in [4.69, 9.17) is 4.42 Å². The number of carbonyl (C=O) groups is 1. The number of rotatable bonds is 3. The van der Waals surface area contributed by atoms with E-state index in [1.165, 1.54) is 6.33 Å². The first-order valence-corrected chi connectivity index (χ1v) is 8.94. The number of piperidine rings is 1. The fourth-order valence-electron chi connectivity index (χ4n) is 3.55. The first-order valence-electron chi connectivity index (χ1n) is 8.94. The van der Waals surface area contributed by atoms with Gasteiger partial charge in [-0.3, -0.25) is 19.1 Å². The number of likely N-dealkylation sites (tertiary alicyclic amines) is 1. The summed E-state index contributed by atoms with van der Waals surface area (Å²) in [6.07, 6.45) is 6.45. The standard InChI is InChI=1S/C19H21N5O3/c1-12-15(17(25)22-13-4-3-7-20-10-13)16-18(27-12)21-11-24(19(16)26)14-5-8-23(2)9-6-14/h3-4,7,10-11,14H,5-6,8-9H2,1-2H3,(H,22,25). The first kappa shape index (κ1) is 17.4. The maximum Gasteiger partial charge on any atom is 0.265 e. The summed E-state index contributed by atoms with van der Waals surface area (Å²) in [5.41, 5.74) is 0.741. The second-order valence-corrected chi connectivity index (χ2v) is 6.90. The van der Waals surface area contributed by atoms with Gasteiger partial charge in [0.25, 0.3) is 11.5 Å². The maximum absolute atomic E-state index is 13.2. The van der Waals surface area contributed by atoms with E-state index in [0.29, 0.717) is 11.4 Å². The number of aromatic nitrogens is 3. The smallest absolute Gasteiger partial charge is 0.265 e. The van der Waals surface area contributed by atoms with Crippen molar-refractivity contribution in [1.82, 2.24) is 19.4 Å². The van der Waals surface area contributed by atoms with Crippen LogP contribution < -0.4 is 10.9 Å². The molecular weight excluding hydrogens is 346 g/mol. The summed E-state index contributed by atoms with van der Waals surface area (Å²) in [4.78, 5) is 36.5. The van der Waals surface area contributed by atoms with E-state index in [9.17, 15) is 9.59 Å². The Balaban J connectivity index is 1.74. The highest BCUT2D eigenvalue weighted by atomic mass is 16.3. The van der Waals surface area contributed by atoms with Crippen molar-refractivity contribution in [1.29, 1.82) is 0 Å². The first-order chi connectivity index (χ1) is 13.0. The Morgan fingerprint density at radius 1 is 1.33 bits per heavy atom. The lowest BCUT2D eigenvalue weighted by Gasteiger charge is -2.29. The number of pyridine rings is 1. The molecule has 0 radical (unpaired) electrons. The molecule has 0 saturated carbocycles. The van der Waals surface area contributed by atoms with E-state index in [1.807, 2.05) is 0 Å². The molecule has 1 N–H and O–H groups in total. The summed E-state index contributed by atoms with van der Waals surface area (Å²) in [7, 11) is 2.07. The van der Waals surface area contributed by atoms with E-state index in [-0.39, 0.29) is 28.3 Å². The summed E-state index contributed by atoms with van der Waals surface area (Å²) >= 11 is 0. The summed E-state index contributed by atoms with van der Waals surface area (Å²) in [6.45, 7) is 3.51. The van der Waals surface area contributed by atoms with Crippen molar-refractivity contribution in [3.8, 4) is 0 Å². The number of fused-ring (bicyclic) bond motifs is 1. The molecule has 1 aliphatic heterocycles. The third-order valence-electron chi connectivity index (χ3n) is 5.04. The average molecular weight is 367 g/mol. The van der Waals surface area contributed by atoms with E-state index < -0.39 is 5.91 Å². The summed E-state index contributed by atoms with van der Waals surface area (Å²) < 4.78 is 7.23. The van der Waals surface area contributed by atoms with Crippen LogP contribution in [0.25, 0.3) is 11.1 Å². The molecule has 8 heteroatoms. The van der Waals surface area contributed by atoms with E-state index in [1.54, 1.807) is 36.0 Å². The number of furan rings is 1. The number of hydrogen-bond donors (Lipinski definition) is 1. The average Bonchev–Trinajstić information content (AvgIpc) is 3.01. The normalized spacial score (nSPS) is 15.9. The zero-order valence-corrected chi connectivity index (χ0v) is 15.3.